The highest BCUT2D eigenvalue weighted by molar-refractivity contribution is 6.35. The van der Waals surface area contributed by atoms with Gasteiger partial charge in [-0.1, -0.05) is 53.5 Å². The zero-order chi connectivity index (χ0) is 22.5. The number of aromatic nitrogens is 2. The number of carbonyl (C=O) groups excluding carboxylic acids is 1. The summed E-state index contributed by atoms with van der Waals surface area (Å²) >= 11 is 12.5. The molecule has 0 saturated carbocycles. The van der Waals surface area contributed by atoms with E-state index in [1.807, 2.05) is 18.5 Å². The monoisotopic (exact) mass is 469 g/mol. The molecule has 1 saturated heterocycles. The van der Waals surface area contributed by atoms with Crippen molar-refractivity contribution in [3.8, 4) is 11.1 Å². The van der Waals surface area contributed by atoms with E-state index in [-0.39, 0.29) is 6.04 Å². The van der Waals surface area contributed by atoms with Crippen LogP contribution in [0.5, 0.6) is 0 Å². The molecule has 1 aromatic heterocycles. The van der Waals surface area contributed by atoms with Crippen molar-refractivity contribution in [2.75, 3.05) is 26.2 Å². The Labute approximate surface area is 198 Å². The van der Waals surface area contributed by atoms with Gasteiger partial charge in [-0.2, -0.15) is 0 Å². The van der Waals surface area contributed by atoms with Gasteiger partial charge < -0.3 is 10.5 Å². The second-order valence-electron chi connectivity index (χ2n) is 7.96. The number of hydrogen-bond acceptors (Lipinski definition) is 6. The van der Waals surface area contributed by atoms with Crippen molar-refractivity contribution in [3.63, 3.8) is 0 Å². The molecule has 2 N–H and O–H groups in total. The molecule has 6 nitrogen and oxygen atoms in total. The van der Waals surface area contributed by atoms with Gasteiger partial charge in [0.05, 0.1) is 12.1 Å². The number of nitrogens with zero attached hydrogens (tertiary/aromatic N) is 4. The fourth-order valence-electron chi connectivity index (χ4n) is 4.17. The van der Waals surface area contributed by atoms with Crippen LogP contribution in [0.3, 0.4) is 0 Å². The Balaban J connectivity index is 1.39. The van der Waals surface area contributed by atoms with Crippen molar-refractivity contribution in [1.82, 2.24) is 19.8 Å². The summed E-state index contributed by atoms with van der Waals surface area (Å²) in [6, 6.07) is 12.9. The maximum atomic E-state index is 11.5. The van der Waals surface area contributed by atoms with E-state index in [0.717, 1.165) is 55.7 Å². The molecule has 2 heterocycles. The predicted octanol–water partition coefficient (Wildman–Crippen LogP) is 3.84. The smallest absolute Gasteiger partial charge is 0.138 e. The van der Waals surface area contributed by atoms with Gasteiger partial charge in [-0.05, 0) is 28.8 Å². The fraction of sp³-hybridized carbons (Fsp3) is 0.292. The van der Waals surface area contributed by atoms with Crippen molar-refractivity contribution in [2.45, 2.75) is 18.6 Å². The first kappa shape index (κ1) is 22.8. The zero-order valence-electron chi connectivity index (χ0n) is 17.6. The van der Waals surface area contributed by atoms with Gasteiger partial charge in [0.2, 0.25) is 0 Å². The first-order valence-corrected chi connectivity index (χ1v) is 11.3. The van der Waals surface area contributed by atoms with Gasteiger partial charge in [0.15, 0.2) is 0 Å². The lowest BCUT2D eigenvalue weighted by Crippen LogP contribution is -2.51. The molecule has 2 aromatic carbocycles. The Bertz CT molecular complexity index is 1040. The van der Waals surface area contributed by atoms with E-state index < -0.39 is 6.04 Å². The summed E-state index contributed by atoms with van der Waals surface area (Å²) in [6.07, 6.45) is 5.95. The van der Waals surface area contributed by atoms with Crippen molar-refractivity contribution in [2.24, 2.45) is 5.73 Å². The lowest BCUT2D eigenvalue weighted by molar-refractivity contribution is -0.110. The van der Waals surface area contributed by atoms with E-state index in [1.165, 1.54) is 11.9 Å². The normalized spacial score (nSPS) is 17.1. The Hall–Kier alpha value is -2.35. The summed E-state index contributed by atoms with van der Waals surface area (Å²) in [5.74, 6) is 0. The molecule has 8 heteroatoms. The summed E-state index contributed by atoms with van der Waals surface area (Å²) < 4.78 is 0. The predicted molar refractivity (Wildman–Crippen MR) is 128 cm³/mol. The van der Waals surface area contributed by atoms with Crippen LogP contribution in [0.1, 0.15) is 17.2 Å². The summed E-state index contributed by atoms with van der Waals surface area (Å²) in [5.41, 5.74) is 10.4. The second kappa shape index (κ2) is 10.5. The lowest BCUT2D eigenvalue weighted by Gasteiger charge is -2.41. The standard InChI is InChI=1S/C24H25Cl2N5O/c25-20-5-6-21(22(26)11-20)24(23(27)15-32)31-9-7-30(8-10-31)14-17-1-3-18(4-2-17)19-12-28-16-29-13-19/h1-6,11-13,15-16,23-24H,7-10,14,27H2. The Morgan fingerprint density at radius 1 is 0.969 bits per heavy atom. The van der Waals surface area contributed by atoms with Gasteiger partial charge in [-0.15, -0.1) is 0 Å². The highest BCUT2D eigenvalue weighted by atomic mass is 35.5. The van der Waals surface area contributed by atoms with Crippen LogP contribution < -0.4 is 5.73 Å². The average Bonchev–Trinajstić information content (AvgIpc) is 2.82. The van der Waals surface area contributed by atoms with Crippen LogP contribution in [-0.2, 0) is 11.3 Å². The number of rotatable bonds is 7. The van der Waals surface area contributed by atoms with Gasteiger partial charge >= 0.3 is 0 Å². The van der Waals surface area contributed by atoms with Crippen LogP contribution in [0.15, 0.2) is 61.2 Å². The first-order chi connectivity index (χ1) is 15.5. The van der Waals surface area contributed by atoms with Gasteiger partial charge in [0.25, 0.3) is 0 Å². The first-order valence-electron chi connectivity index (χ1n) is 10.5. The molecule has 1 aliphatic heterocycles. The van der Waals surface area contributed by atoms with Gasteiger partial charge in [-0.25, -0.2) is 9.97 Å². The summed E-state index contributed by atoms with van der Waals surface area (Å²) in [6.45, 7) is 4.21. The molecule has 0 amide bonds. The van der Waals surface area contributed by atoms with E-state index in [0.29, 0.717) is 10.0 Å². The minimum Gasteiger partial charge on any atom is -0.320 e. The second-order valence-corrected chi connectivity index (χ2v) is 8.80. The maximum Gasteiger partial charge on any atom is 0.138 e. The molecule has 4 rings (SSSR count). The van der Waals surface area contributed by atoms with Gasteiger partial charge in [0.1, 0.15) is 12.6 Å². The number of carbonyl (C=O) groups is 1. The molecule has 0 bridgehead atoms. The molecule has 3 aromatic rings. The van der Waals surface area contributed by atoms with E-state index in [9.17, 15) is 4.79 Å². The Morgan fingerprint density at radius 2 is 1.66 bits per heavy atom. The van der Waals surface area contributed by atoms with Crippen molar-refractivity contribution >= 4 is 29.5 Å². The lowest BCUT2D eigenvalue weighted by atomic mass is 9.98. The molecule has 166 valence electrons. The average molecular weight is 470 g/mol. The number of aldehydes is 1. The van der Waals surface area contributed by atoms with Crippen LogP contribution in [0.25, 0.3) is 11.1 Å². The van der Waals surface area contributed by atoms with Crippen molar-refractivity contribution < 1.29 is 4.79 Å². The fourth-order valence-corrected chi connectivity index (χ4v) is 4.69. The summed E-state index contributed by atoms with van der Waals surface area (Å²) in [7, 11) is 0. The van der Waals surface area contributed by atoms with Crippen LogP contribution >= 0.6 is 23.2 Å². The maximum absolute atomic E-state index is 11.5. The van der Waals surface area contributed by atoms with Crippen LogP contribution in [0, 0.1) is 0 Å². The Morgan fingerprint density at radius 3 is 2.28 bits per heavy atom. The molecular weight excluding hydrogens is 445 g/mol. The SMILES string of the molecule is NC(C=O)C(c1ccc(Cl)cc1Cl)N1CCN(Cc2ccc(-c3cncnc3)cc2)CC1. The topological polar surface area (TPSA) is 75.4 Å². The minimum absolute atomic E-state index is 0.271. The number of piperazine rings is 1. The summed E-state index contributed by atoms with van der Waals surface area (Å²) in [4.78, 5) is 24.3. The minimum atomic E-state index is -0.658. The molecule has 1 fully saturated rings. The van der Waals surface area contributed by atoms with Crippen LogP contribution in [-0.4, -0.2) is 58.3 Å². The van der Waals surface area contributed by atoms with E-state index in [1.54, 1.807) is 12.1 Å². The molecule has 0 radical (unpaired) electrons. The molecule has 32 heavy (non-hydrogen) atoms. The molecule has 0 spiro atoms. The molecule has 0 aliphatic carbocycles. The highest BCUT2D eigenvalue weighted by Gasteiger charge is 2.31. The number of halogens is 2. The molecular formula is C24H25Cl2N5O. The van der Waals surface area contributed by atoms with Crippen molar-refractivity contribution in [1.29, 1.82) is 0 Å². The van der Waals surface area contributed by atoms with Gasteiger partial charge in [-0.3, -0.25) is 9.80 Å². The third-order valence-corrected chi connectivity index (χ3v) is 6.42. The number of hydrogen-bond donors (Lipinski definition) is 1. The summed E-state index contributed by atoms with van der Waals surface area (Å²) in [5, 5.41) is 1.10. The quantitative estimate of drug-likeness (QED) is 0.529. The number of benzene rings is 2. The van der Waals surface area contributed by atoms with E-state index in [2.05, 4.69) is 44.0 Å². The third-order valence-electron chi connectivity index (χ3n) is 5.86. The highest BCUT2D eigenvalue weighted by Crippen LogP contribution is 2.32. The Kier molecular flexibility index (Phi) is 7.50. The van der Waals surface area contributed by atoms with E-state index >= 15 is 0 Å². The van der Waals surface area contributed by atoms with Crippen molar-refractivity contribution in [3.05, 3.63) is 82.4 Å². The number of nitrogens with two attached hydrogens (primary N) is 1. The largest absolute Gasteiger partial charge is 0.320 e. The molecule has 2 unspecified atom stereocenters. The van der Waals surface area contributed by atoms with E-state index in [4.69, 9.17) is 28.9 Å². The molecule has 2 atom stereocenters. The third kappa shape index (κ3) is 5.34. The zero-order valence-corrected chi connectivity index (χ0v) is 19.1. The van der Waals surface area contributed by atoms with Gasteiger partial charge in [0, 0.05) is 60.7 Å². The van der Waals surface area contributed by atoms with Crippen LogP contribution in [0.4, 0.5) is 0 Å². The molecule has 1 aliphatic rings. The van der Waals surface area contributed by atoms with Crippen LogP contribution in [0.2, 0.25) is 10.0 Å².